The van der Waals surface area contributed by atoms with Crippen molar-refractivity contribution in [3.8, 4) is 0 Å². The molecule has 4 rings (SSSR count). The number of carbonyl (C=O) groups excluding carboxylic acids is 1. The highest BCUT2D eigenvalue weighted by molar-refractivity contribution is 5.92. The van der Waals surface area contributed by atoms with Gasteiger partial charge in [-0.2, -0.15) is 4.39 Å². The number of H-pyrrole nitrogens is 1. The number of hydrogen-bond donors (Lipinski definition) is 2. The molecular weight excluding hydrogens is 434 g/mol. The molecule has 0 radical (unpaired) electrons. The van der Waals surface area contributed by atoms with Gasteiger partial charge in [0.1, 0.15) is 5.69 Å². The summed E-state index contributed by atoms with van der Waals surface area (Å²) in [6.45, 7) is 3.71. The van der Waals surface area contributed by atoms with E-state index in [0.29, 0.717) is 30.9 Å². The maximum absolute atomic E-state index is 15.1. The van der Waals surface area contributed by atoms with Gasteiger partial charge in [-0.25, -0.2) is 14.2 Å². The van der Waals surface area contributed by atoms with Crippen molar-refractivity contribution in [2.24, 2.45) is 7.05 Å². The summed E-state index contributed by atoms with van der Waals surface area (Å²) in [6.07, 6.45) is 0. The van der Waals surface area contributed by atoms with Crippen LogP contribution in [0.25, 0.3) is 10.9 Å². The number of piperazine rings is 1. The fourth-order valence-corrected chi connectivity index (χ4v) is 4.09. The molecule has 1 aromatic carbocycles. The van der Waals surface area contributed by atoms with Crippen LogP contribution in [0.3, 0.4) is 0 Å². The summed E-state index contributed by atoms with van der Waals surface area (Å²) in [5, 5.41) is 2.52. The molecule has 0 spiro atoms. The smallest absolute Gasteiger partial charge is 0.328 e. The highest BCUT2D eigenvalue weighted by Crippen LogP contribution is 2.24. The standard InChI is InChI=1S/C22H24F2N6O3/c1-12-10-30(16-7-6-15(20(31)25-2)26-19(16)24)9-8-29(12)11-13-4-5-14-18(17(13)23)27-22(33)28(3)21(14)32/h4-7,12H,8-11H2,1-3H3,(H,25,31)(H,27,33). The van der Waals surface area contributed by atoms with E-state index in [1.54, 1.807) is 6.07 Å². The molecule has 174 valence electrons. The second-order valence-electron chi connectivity index (χ2n) is 8.11. The van der Waals surface area contributed by atoms with Crippen molar-refractivity contribution in [1.29, 1.82) is 0 Å². The van der Waals surface area contributed by atoms with Crippen LogP contribution < -0.4 is 21.5 Å². The van der Waals surface area contributed by atoms with Gasteiger partial charge in [0.2, 0.25) is 5.95 Å². The summed E-state index contributed by atoms with van der Waals surface area (Å²) in [5.74, 6) is -1.81. The molecule has 3 aromatic rings. The third-order valence-electron chi connectivity index (χ3n) is 6.06. The molecule has 1 unspecified atom stereocenters. The Morgan fingerprint density at radius 2 is 1.97 bits per heavy atom. The van der Waals surface area contributed by atoms with Crippen LogP contribution in [-0.4, -0.2) is 58.1 Å². The largest absolute Gasteiger partial charge is 0.365 e. The third-order valence-corrected chi connectivity index (χ3v) is 6.06. The Labute approximate surface area is 187 Å². The van der Waals surface area contributed by atoms with Crippen molar-refractivity contribution in [3.05, 3.63) is 68.1 Å². The summed E-state index contributed by atoms with van der Waals surface area (Å²) >= 11 is 0. The minimum atomic E-state index is -0.720. The predicted octanol–water partition coefficient (Wildman–Crippen LogP) is 0.970. The molecule has 11 heteroatoms. The Balaban J connectivity index is 1.52. The van der Waals surface area contributed by atoms with Crippen molar-refractivity contribution >= 4 is 22.5 Å². The summed E-state index contributed by atoms with van der Waals surface area (Å²) in [5.41, 5.74) is -0.668. The summed E-state index contributed by atoms with van der Waals surface area (Å²) < 4.78 is 30.6. The maximum Gasteiger partial charge on any atom is 0.328 e. The predicted molar refractivity (Wildman–Crippen MR) is 119 cm³/mol. The van der Waals surface area contributed by atoms with E-state index in [4.69, 9.17) is 0 Å². The number of hydrogen-bond acceptors (Lipinski definition) is 6. The lowest BCUT2D eigenvalue weighted by atomic mass is 10.1. The number of benzene rings is 1. The molecular formula is C22H24F2N6O3. The number of aromatic amines is 1. The molecule has 0 bridgehead atoms. The Morgan fingerprint density at radius 1 is 1.21 bits per heavy atom. The number of rotatable bonds is 4. The molecule has 3 heterocycles. The van der Waals surface area contributed by atoms with Gasteiger partial charge < -0.3 is 15.2 Å². The number of fused-ring (bicyclic) bond motifs is 1. The minimum Gasteiger partial charge on any atom is -0.365 e. The number of carbonyl (C=O) groups is 1. The normalized spacial score (nSPS) is 16.9. The Kier molecular flexibility index (Phi) is 5.98. The van der Waals surface area contributed by atoms with Gasteiger partial charge in [-0.3, -0.25) is 19.1 Å². The molecule has 0 saturated carbocycles. The number of pyridine rings is 1. The Morgan fingerprint density at radius 3 is 2.64 bits per heavy atom. The zero-order valence-corrected chi connectivity index (χ0v) is 18.5. The Bertz CT molecular complexity index is 1350. The number of aromatic nitrogens is 3. The van der Waals surface area contributed by atoms with E-state index >= 15 is 4.39 Å². The molecule has 1 amide bonds. The first-order valence-corrected chi connectivity index (χ1v) is 10.5. The number of halogens is 2. The quantitative estimate of drug-likeness (QED) is 0.565. The van der Waals surface area contributed by atoms with E-state index in [9.17, 15) is 18.8 Å². The van der Waals surface area contributed by atoms with Gasteiger partial charge in [-0.05, 0) is 25.1 Å². The van der Waals surface area contributed by atoms with Crippen LogP contribution in [0.15, 0.2) is 33.9 Å². The lowest BCUT2D eigenvalue weighted by Crippen LogP contribution is -2.51. The van der Waals surface area contributed by atoms with Gasteiger partial charge in [0.25, 0.3) is 11.5 Å². The van der Waals surface area contributed by atoms with Crippen LogP contribution in [-0.2, 0) is 13.6 Å². The topological polar surface area (TPSA) is 103 Å². The van der Waals surface area contributed by atoms with E-state index in [1.165, 1.54) is 32.3 Å². The number of nitrogens with one attached hydrogen (secondary N) is 2. The SMILES string of the molecule is CNC(=O)c1ccc(N2CCN(Cc3ccc4c(=O)n(C)c(=O)[nH]c4c3F)C(C)C2)c(F)n1. The number of nitrogens with zero attached hydrogens (tertiary/aromatic N) is 4. The molecule has 9 nitrogen and oxygen atoms in total. The second kappa shape index (κ2) is 8.74. The monoisotopic (exact) mass is 458 g/mol. The first kappa shape index (κ1) is 22.6. The minimum absolute atomic E-state index is 0.00471. The molecule has 2 aromatic heterocycles. The van der Waals surface area contributed by atoms with E-state index in [1.807, 2.05) is 16.7 Å². The van der Waals surface area contributed by atoms with Crippen molar-refractivity contribution in [3.63, 3.8) is 0 Å². The molecule has 2 N–H and O–H groups in total. The summed E-state index contributed by atoms with van der Waals surface area (Å²) in [6, 6.07) is 6.04. The highest BCUT2D eigenvalue weighted by Gasteiger charge is 2.27. The van der Waals surface area contributed by atoms with E-state index in [2.05, 4.69) is 15.3 Å². The zero-order chi connectivity index (χ0) is 23.9. The van der Waals surface area contributed by atoms with Crippen molar-refractivity contribution < 1.29 is 13.6 Å². The van der Waals surface area contributed by atoms with Crippen molar-refractivity contribution in [1.82, 2.24) is 24.8 Å². The molecule has 1 aliphatic rings. The average Bonchev–Trinajstić information content (AvgIpc) is 2.80. The fraction of sp³-hybridized carbons (Fsp3) is 0.364. The molecule has 33 heavy (non-hydrogen) atoms. The second-order valence-corrected chi connectivity index (χ2v) is 8.11. The average molecular weight is 458 g/mol. The van der Waals surface area contributed by atoms with Crippen LogP contribution >= 0.6 is 0 Å². The van der Waals surface area contributed by atoms with Gasteiger partial charge in [0.05, 0.1) is 16.6 Å². The Hall–Kier alpha value is -3.60. The highest BCUT2D eigenvalue weighted by atomic mass is 19.1. The third kappa shape index (κ3) is 4.11. The van der Waals surface area contributed by atoms with Gasteiger partial charge in [-0.1, -0.05) is 6.07 Å². The lowest BCUT2D eigenvalue weighted by Gasteiger charge is -2.41. The fourth-order valence-electron chi connectivity index (χ4n) is 4.09. The van der Waals surface area contributed by atoms with Crippen molar-refractivity contribution in [2.45, 2.75) is 19.5 Å². The summed E-state index contributed by atoms with van der Waals surface area (Å²) in [7, 11) is 2.78. The molecule has 0 aliphatic carbocycles. The van der Waals surface area contributed by atoms with Crippen LogP contribution in [0.4, 0.5) is 14.5 Å². The van der Waals surface area contributed by atoms with Crippen LogP contribution in [0, 0.1) is 11.8 Å². The molecule has 1 aliphatic heterocycles. The van der Waals surface area contributed by atoms with Crippen LogP contribution in [0.2, 0.25) is 0 Å². The summed E-state index contributed by atoms with van der Waals surface area (Å²) in [4.78, 5) is 45.9. The molecule has 1 atom stereocenters. The first-order chi connectivity index (χ1) is 15.7. The molecule has 1 saturated heterocycles. The molecule has 1 fully saturated rings. The van der Waals surface area contributed by atoms with Crippen LogP contribution in [0.5, 0.6) is 0 Å². The first-order valence-electron chi connectivity index (χ1n) is 10.5. The van der Waals surface area contributed by atoms with E-state index in [-0.39, 0.29) is 29.2 Å². The van der Waals surface area contributed by atoms with Crippen molar-refractivity contribution in [2.75, 3.05) is 31.6 Å². The van der Waals surface area contributed by atoms with Gasteiger partial charge in [-0.15, -0.1) is 0 Å². The van der Waals surface area contributed by atoms with Crippen LogP contribution in [0.1, 0.15) is 23.0 Å². The maximum atomic E-state index is 15.1. The zero-order valence-electron chi connectivity index (χ0n) is 18.5. The van der Waals surface area contributed by atoms with E-state index in [0.717, 1.165) is 4.57 Å². The van der Waals surface area contributed by atoms with Gasteiger partial charge in [0.15, 0.2) is 5.82 Å². The van der Waals surface area contributed by atoms with E-state index < -0.39 is 28.9 Å². The van der Waals surface area contributed by atoms with Gasteiger partial charge >= 0.3 is 5.69 Å². The van der Waals surface area contributed by atoms with Gasteiger partial charge in [0, 0.05) is 51.9 Å². The number of amides is 1. The number of anilines is 1. The lowest BCUT2D eigenvalue weighted by molar-refractivity contribution is 0.0957.